The van der Waals surface area contributed by atoms with E-state index in [-0.39, 0.29) is 0 Å². The molecule has 0 aromatic carbocycles. The van der Waals surface area contributed by atoms with E-state index in [0.717, 1.165) is 0 Å². The van der Waals surface area contributed by atoms with E-state index in [9.17, 15) is 3.74 Å². The van der Waals surface area contributed by atoms with Crippen LogP contribution in [0.2, 0.25) is 0 Å². The van der Waals surface area contributed by atoms with Crippen LogP contribution in [0.5, 0.6) is 0 Å². The third-order valence-corrected chi connectivity index (χ3v) is 0.524. The zero-order valence-corrected chi connectivity index (χ0v) is 4.44. The number of hydrogen-bond acceptors (Lipinski definition) is 3. The van der Waals surface area contributed by atoms with Crippen molar-refractivity contribution in [2.24, 2.45) is 5.90 Å². The van der Waals surface area contributed by atoms with Crippen molar-refractivity contribution >= 4 is 15.3 Å². The third-order valence-electron chi connectivity index (χ3n) is 0.101. The predicted molar refractivity (Wildman–Crippen MR) is 15.3 cm³/mol. The first-order chi connectivity index (χ1) is 2.27. The van der Waals surface area contributed by atoms with Crippen LogP contribution in [-0.2, 0) is 7.57 Å². The summed E-state index contributed by atoms with van der Waals surface area (Å²) in [5.41, 5.74) is 0. The van der Waals surface area contributed by atoms with Crippen molar-refractivity contribution in [2.75, 3.05) is 0 Å². The average molecular weight is 141 g/mol. The first-order valence-corrected chi connectivity index (χ1v) is 3.52. The van der Waals surface area contributed by atoms with Crippen molar-refractivity contribution in [3.05, 3.63) is 0 Å². The quantitative estimate of drug-likeness (QED) is 0.327. The molecule has 1 atom stereocenters. The SMILES string of the molecule is NO[AsH](=O)O. The van der Waals surface area contributed by atoms with Crippen molar-refractivity contribution in [1.29, 1.82) is 0 Å². The second-order valence-corrected chi connectivity index (χ2v) is 1.99. The van der Waals surface area contributed by atoms with E-state index in [4.69, 9.17) is 4.10 Å². The van der Waals surface area contributed by atoms with Crippen LogP contribution < -0.4 is 5.90 Å². The molecule has 0 radical (unpaired) electrons. The summed E-state index contributed by atoms with van der Waals surface area (Å²) >= 11 is -3.33. The number of hydrogen-bond donors (Lipinski definition) is 2. The van der Waals surface area contributed by atoms with Gasteiger partial charge in [0.15, 0.2) is 0 Å². The molecule has 0 spiro atoms. The van der Waals surface area contributed by atoms with Crippen molar-refractivity contribution in [3.63, 3.8) is 0 Å². The van der Waals surface area contributed by atoms with E-state index in [1.807, 2.05) is 0 Å². The van der Waals surface area contributed by atoms with Crippen LogP contribution in [0.15, 0.2) is 0 Å². The van der Waals surface area contributed by atoms with Gasteiger partial charge in [-0.3, -0.25) is 0 Å². The summed E-state index contributed by atoms with van der Waals surface area (Å²) in [6, 6.07) is 0. The van der Waals surface area contributed by atoms with Crippen molar-refractivity contribution in [2.45, 2.75) is 0 Å². The molecule has 0 saturated carbocycles. The molecule has 0 saturated heterocycles. The molecule has 0 bridgehead atoms. The van der Waals surface area contributed by atoms with E-state index in [0.29, 0.717) is 0 Å². The van der Waals surface area contributed by atoms with Crippen LogP contribution in [0.4, 0.5) is 0 Å². The summed E-state index contributed by atoms with van der Waals surface area (Å²) in [5, 5.41) is 0. The molecular formula is H4AsNO3. The molecule has 0 aromatic rings. The minimum atomic E-state index is -3.33. The van der Waals surface area contributed by atoms with E-state index in [2.05, 4.69) is 9.72 Å². The summed E-state index contributed by atoms with van der Waals surface area (Å²) in [7, 11) is 0. The van der Waals surface area contributed by atoms with E-state index in [1.165, 1.54) is 0 Å². The normalized spacial score (nSPS) is 14.8. The van der Waals surface area contributed by atoms with Gasteiger partial charge in [0.25, 0.3) is 0 Å². The predicted octanol–water partition coefficient (Wildman–Crippen LogP) is -1.98. The molecule has 5 heavy (non-hydrogen) atoms. The Kier molecular flexibility index (Phi) is 2.59. The Morgan fingerprint density at radius 2 is 2.20 bits per heavy atom. The average Bonchev–Trinajstić information content (AvgIpc) is 1.38. The van der Waals surface area contributed by atoms with Crippen molar-refractivity contribution in [1.82, 2.24) is 0 Å². The third kappa shape index (κ3) is 4.24. The van der Waals surface area contributed by atoms with Crippen LogP contribution in [0.1, 0.15) is 0 Å². The first kappa shape index (κ1) is 5.24. The van der Waals surface area contributed by atoms with Gasteiger partial charge in [-0.25, -0.2) is 0 Å². The summed E-state index contributed by atoms with van der Waals surface area (Å²) < 4.78 is 20.3. The summed E-state index contributed by atoms with van der Waals surface area (Å²) in [5.74, 6) is 4.18. The van der Waals surface area contributed by atoms with Gasteiger partial charge in [0, 0.05) is 0 Å². The van der Waals surface area contributed by atoms with Gasteiger partial charge < -0.3 is 0 Å². The molecule has 0 amide bonds. The van der Waals surface area contributed by atoms with Gasteiger partial charge in [-0.05, 0) is 0 Å². The molecule has 0 aliphatic heterocycles. The molecule has 32 valence electrons. The van der Waals surface area contributed by atoms with E-state index in [1.54, 1.807) is 0 Å². The fraction of sp³-hybridized carbons (Fsp3) is 0. The maximum absolute atomic E-state index is 9.27. The zero-order chi connectivity index (χ0) is 4.28. The molecule has 0 rings (SSSR count). The Labute approximate surface area is 33.7 Å². The molecule has 1 unspecified atom stereocenters. The molecule has 5 heteroatoms. The van der Waals surface area contributed by atoms with Gasteiger partial charge in [-0.1, -0.05) is 0 Å². The summed E-state index contributed by atoms with van der Waals surface area (Å²) in [6.45, 7) is 0. The summed E-state index contributed by atoms with van der Waals surface area (Å²) in [6.07, 6.45) is 0. The van der Waals surface area contributed by atoms with E-state index >= 15 is 0 Å². The second kappa shape index (κ2) is 2.47. The first-order valence-electron chi connectivity index (χ1n) is 0.868. The Bertz CT molecular complexity index is 42.2. The maximum atomic E-state index is 9.27. The fourth-order valence-corrected chi connectivity index (χ4v) is 0. The van der Waals surface area contributed by atoms with Gasteiger partial charge in [0.2, 0.25) is 0 Å². The van der Waals surface area contributed by atoms with Gasteiger partial charge >= 0.3 is 32.8 Å². The van der Waals surface area contributed by atoms with Crippen LogP contribution in [0.3, 0.4) is 0 Å². The molecule has 0 aromatic heterocycles. The Morgan fingerprint density at radius 1 is 2.00 bits per heavy atom. The molecule has 0 aliphatic rings. The van der Waals surface area contributed by atoms with Crippen LogP contribution in [-0.4, -0.2) is 19.4 Å². The van der Waals surface area contributed by atoms with Gasteiger partial charge in [0.05, 0.1) is 0 Å². The Balaban J connectivity index is 2.85. The van der Waals surface area contributed by atoms with Crippen molar-refractivity contribution < 1.29 is 11.7 Å². The summed E-state index contributed by atoms with van der Waals surface area (Å²) in [4.78, 5) is 0. The molecule has 4 nitrogen and oxygen atoms in total. The van der Waals surface area contributed by atoms with Crippen molar-refractivity contribution in [3.8, 4) is 0 Å². The van der Waals surface area contributed by atoms with Gasteiger partial charge in [0.1, 0.15) is 0 Å². The Morgan fingerprint density at radius 3 is 2.20 bits per heavy atom. The minimum absolute atomic E-state index is 3.33. The number of nitrogens with two attached hydrogens (primary N) is 1. The zero-order valence-electron chi connectivity index (χ0n) is 2.34. The molecule has 0 fully saturated rings. The standard InChI is InChI=1S/AsH4NO3/c2-5-1(3)4/h1H,2H2,(H,3,4). The van der Waals surface area contributed by atoms with Crippen LogP contribution >= 0.6 is 0 Å². The van der Waals surface area contributed by atoms with Gasteiger partial charge in [-0.2, -0.15) is 0 Å². The number of rotatable bonds is 1. The molecule has 0 heterocycles. The monoisotopic (exact) mass is 141 g/mol. The molecule has 0 aliphatic carbocycles. The molecule has 3 N–H and O–H groups in total. The van der Waals surface area contributed by atoms with Crippen LogP contribution in [0, 0.1) is 0 Å². The fourth-order valence-electron chi connectivity index (χ4n) is 0. The topological polar surface area (TPSA) is 72.5 Å². The molecular weight excluding hydrogens is 137 g/mol. The second-order valence-electron chi connectivity index (χ2n) is 0.384. The van der Waals surface area contributed by atoms with Gasteiger partial charge in [-0.15, -0.1) is 0 Å². The van der Waals surface area contributed by atoms with Crippen LogP contribution in [0.25, 0.3) is 0 Å². The van der Waals surface area contributed by atoms with E-state index < -0.39 is 15.3 Å². The Hall–Kier alpha value is 0.238.